The number of aryl methyl sites for hydroxylation is 1. The van der Waals surface area contributed by atoms with E-state index in [1.807, 2.05) is 6.92 Å². The van der Waals surface area contributed by atoms with E-state index in [4.69, 9.17) is 20.6 Å². The number of ether oxygens (including phenoxy) is 1. The smallest absolute Gasteiger partial charge is 0.229 e. The van der Waals surface area contributed by atoms with Crippen LogP contribution >= 0.6 is 0 Å². The number of nitrogens with one attached hydrogen (secondary N) is 1. The van der Waals surface area contributed by atoms with Crippen LogP contribution in [0.3, 0.4) is 0 Å². The minimum Gasteiger partial charge on any atom is -0.476 e. The Morgan fingerprint density at radius 3 is 2.56 bits per heavy atom. The Kier molecular flexibility index (Phi) is 7.24. The van der Waals surface area contributed by atoms with Gasteiger partial charge in [-0.15, -0.1) is 0 Å². The third-order valence-corrected chi connectivity index (χ3v) is 7.72. The summed E-state index contributed by atoms with van der Waals surface area (Å²) in [5.41, 5.74) is 11.3. The molecule has 0 radical (unpaired) electrons. The molecule has 1 aliphatic heterocycles. The van der Waals surface area contributed by atoms with Crippen LogP contribution in [0.25, 0.3) is 0 Å². The van der Waals surface area contributed by atoms with Gasteiger partial charge >= 0.3 is 0 Å². The summed E-state index contributed by atoms with van der Waals surface area (Å²) in [7, 11) is -1.59. The lowest BCUT2D eigenvalue weighted by molar-refractivity contribution is -0.105. The van der Waals surface area contributed by atoms with Crippen LogP contribution in [0.15, 0.2) is 20.5 Å². The molecule has 1 saturated carbocycles. The first kappa shape index (κ1) is 24.2. The highest BCUT2D eigenvalue weighted by atomic mass is 32.2. The van der Waals surface area contributed by atoms with Gasteiger partial charge in [-0.3, -0.25) is 9.78 Å². The maximum Gasteiger partial charge on any atom is 0.229 e. The first-order valence-electron chi connectivity index (χ1n) is 10.9. The Hall–Kier alpha value is -2.46. The molecule has 32 heavy (non-hydrogen) atoms. The van der Waals surface area contributed by atoms with Crippen molar-refractivity contribution in [2.45, 2.75) is 58.8 Å². The van der Waals surface area contributed by atoms with Crippen LogP contribution in [-0.2, 0) is 32.3 Å². The van der Waals surface area contributed by atoms with Crippen molar-refractivity contribution in [3.8, 4) is 0 Å². The molecular formula is C22H34N6O3S. The number of carbonyl (C=O) groups excluding carboxylic acids is 1. The lowest BCUT2D eigenvalue weighted by Gasteiger charge is -2.22. The van der Waals surface area contributed by atoms with Gasteiger partial charge in [-0.05, 0) is 56.1 Å². The number of anilines is 1. The van der Waals surface area contributed by atoms with E-state index in [1.165, 1.54) is 24.5 Å². The molecule has 0 saturated heterocycles. The molecule has 0 aromatic carbocycles. The first-order valence-corrected chi connectivity index (χ1v) is 12.5. The largest absolute Gasteiger partial charge is 0.476 e. The Morgan fingerprint density at radius 2 is 2.06 bits per heavy atom. The number of aromatic nitrogens is 1. The van der Waals surface area contributed by atoms with Gasteiger partial charge in [0.15, 0.2) is 0 Å². The predicted octanol–water partition coefficient (Wildman–Crippen LogP) is 2.54. The van der Waals surface area contributed by atoms with Gasteiger partial charge in [-0.1, -0.05) is 13.8 Å². The fourth-order valence-corrected chi connectivity index (χ4v) is 4.86. The Morgan fingerprint density at radius 1 is 1.34 bits per heavy atom. The van der Waals surface area contributed by atoms with Crippen LogP contribution in [0, 0.1) is 12.3 Å². The molecule has 0 bridgehead atoms. The molecule has 2 aliphatic carbocycles. The minimum atomic E-state index is -2.97. The van der Waals surface area contributed by atoms with Crippen molar-refractivity contribution < 1.29 is 13.7 Å². The predicted molar refractivity (Wildman–Crippen MR) is 128 cm³/mol. The molecule has 1 fully saturated rings. The van der Waals surface area contributed by atoms with E-state index < -0.39 is 9.92 Å². The number of carbonyl (C=O) groups is 1. The third-order valence-electron chi connectivity index (χ3n) is 6.23. The third kappa shape index (κ3) is 4.96. The van der Waals surface area contributed by atoms with Gasteiger partial charge in [0.05, 0.1) is 18.8 Å². The maximum atomic E-state index is 11.9. The van der Waals surface area contributed by atoms with E-state index in [1.54, 1.807) is 0 Å². The summed E-state index contributed by atoms with van der Waals surface area (Å²) < 4.78 is 21.0. The fourth-order valence-electron chi connectivity index (χ4n) is 4.09. The van der Waals surface area contributed by atoms with Gasteiger partial charge in [0.1, 0.15) is 14.8 Å². The maximum absolute atomic E-state index is 11.9. The average molecular weight is 463 g/mol. The molecule has 1 spiro atoms. The highest BCUT2D eigenvalue weighted by molar-refractivity contribution is 7.96. The first-order chi connectivity index (χ1) is 15.2. The normalized spacial score (nSPS) is 20.3. The molecule has 5 N–H and O–H groups in total. The van der Waals surface area contributed by atoms with Crippen LogP contribution in [0.4, 0.5) is 5.69 Å². The zero-order valence-corrected chi connectivity index (χ0v) is 20.1. The lowest BCUT2D eigenvalue weighted by atomic mass is 9.99. The number of fused-ring (bicyclic) bond motifs is 1. The topological polar surface area (TPSA) is 145 Å². The van der Waals surface area contributed by atoms with Crippen LogP contribution in [0.5, 0.6) is 0 Å². The summed E-state index contributed by atoms with van der Waals surface area (Å²) in [5.74, 6) is 0.677. The number of pyridine rings is 1. The summed E-state index contributed by atoms with van der Waals surface area (Å²) in [6.45, 7) is 7.62. The van der Waals surface area contributed by atoms with E-state index in [-0.39, 0.29) is 16.2 Å². The lowest BCUT2D eigenvalue weighted by Crippen LogP contribution is -2.30. The summed E-state index contributed by atoms with van der Waals surface area (Å²) in [6.07, 6.45) is 7.45. The number of aliphatic imine (C=N–C) groups is 1. The monoisotopic (exact) mass is 462 g/mol. The second kappa shape index (κ2) is 9.58. The van der Waals surface area contributed by atoms with Crippen molar-refractivity contribution >= 4 is 27.9 Å². The van der Waals surface area contributed by atoms with Crippen molar-refractivity contribution in [3.05, 3.63) is 33.6 Å². The number of nitrogens with two attached hydrogens (primary N) is 2. The van der Waals surface area contributed by atoms with Gasteiger partial charge in [0.2, 0.25) is 12.3 Å². The standard InChI is InChI=1S/C13H18N2O.C9H16N4O2S/c1-8(2)12-9(3)13(14-7-16)10-5-4-6-11(10)15-12;1-12-16(11,14)7(4-10)8-13-5-9(2-3-9)6-15-8/h7-8H,4-6H2,1-3H3,(H,14,15,16);4H,2-3,5-6,10H2,1H3,(H2,11,12,14)/b;7-4+. The number of rotatable bonds is 5. The van der Waals surface area contributed by atoms with Crippen LogP contribution in [0.2, 0.25) is 0 Å². The summed E-state index contributed by atoms with van der Waals surface area (Å²) in [5, 5.41) is 8.39. The van der Waals surface area contributed by atoms with Crippen molar-refractivity contribution in [2.24, 2.45) is 25.6 Å². The quantitative estimate of drug-likeness (QED) is 0.576. The molecule has 1 unspecified atom stereocenters. The van der Waals surface area contributed by atoms with Crippen LogP contribution in [0.1, 0.15) is 61.5 Å². The van der Waals surface area contributed by atoms with Gasteiger partial charge in [0.25, 0.3) is 0 Å². The highest BCUT2D eigenvalue weighted by Gasteiger charge is 2.46. The molecule has 1 aromatic rings. The molecular weight excluding hydrogens is 428 g/mol. The molecule has 4 rings (SSSR count). The zero-order valence-electron chi connectivity index (χ0n) is 19.3. The van der Waals surface area contributed by atoms with Gasteiger partial charge in [-0.25, -0.2) is 18.7 Å². The summed E-state index contributed by atoms with van der Waals surface area (Å²) in [4.78, 5) is 19.9. The number of hydrogen-bond donors (Lipinski definition) is 3. The van der Waals surface area contributed by atoms with Crippen LogP contribution < -0.4 is 16.2 Å². The van der Waals surface area contributed by atoms with Gasteiger partial charge in [-0.2, -0.15) is 0 Å². The SMILES string of the molecule is CN=S(N)(=O)/C(=C/N)C1=NCC2(CC2)CO1.Cc1c(C(C)C)nc2c(c1NC=O)CCC2. The van der Waals surface area contributed by atoms with Crippen molar-refractivity contribution in [1.29, 1.82) is 0 Å². The highest BCUT2D eigenvalue weighted by Crippen LogP contribution is 2.47. The molecule has 176 valence electrons. The molecule has 1 amide bonds. The van der Waals surface area contributed by atoms with Gasteiger partial charge < -0.3 is 15.8 Å². The fraction of sp³-hybridized carbons (Fsp3) is 0.591. The second-order valence-electron chi connectivity index (χ2n) is 8.88. The summed E-state index contributed by atoms with van der Waals surface area (Å²) in [6, 6.07) is 0. The van der Waals surface area contributed by atoms with Crippen molar-refractivity contribution in [3.63, 3.8) is 0 Å². The molecule has 3 aliphatic rings. The number of hydrogen-bond acceptors (Lipinski definition) is 7. The molecule has 10 heteroatoms. The van der Waals surface area contributed by atoms with E-state index in [0.29, 0.717) is 19.1 Å². The van der Waals surface area contributed by atoms with E-state index in [0.717, 1.165) is 55.5 Å². The van der Waals surface area contributed by atoms with E-state index in [2.05, 4.69) is 28.5 Å². The van der Waals surface area contributed by atoms with E-state index >= 15 is 0 Å². The molecule has 2 heterocycles. The molecule has 9 nitrogen and oxygen atoms in total. The Labute approximate surface area is 190 Å². The second-order valence-corrected chi connectivity index (χ2v) is 10.8. The van der Waals surface area contributed by atoms with E-state index in [9.17, 15) is 9.00 Å². The minimum absolute atomic E-state index is 0.186. The van der Waals surface area contributed by atoms with Crippen molar-refractivity contribution in [2.75, 3.05) is 25.5 Å². The zero-order chi connectivity index (χ0) is 23.5. The Balaban J connectivity index is 0.000000181. The Bertz CT molecular complexity index is 1070. The molecule has 1 aromatic heterocycles. The number of amides is 1. The molecule has 1 atom stereocenters. The van der Waals surface area contributed by atoms with Crippen molar-refractivity contribution in [1.82, 2.24) is 4.98 Å². The van der Waals surface area contributed by atoms with Gasteiger partial charge in [0, 0.05) is 30.1 Å². The summed E-state index contributed by atoms with van der Waals surface area (Å²) >= 11 is 0. The van der Waals surface area contributed by atoms with Crippen LogP contribution in [-0.4, -0.2) is 41.7 Å². The number of nitrogens with zero attached hydrogens (tertiary/aromatic N) is 3. The average Bonchev–Trinajstić information content (AvgIpc) is 3.35.